The number of benzene rings is 1. The van der Waals surface area contributed by atoms with Crippen molar-refractivity contribution in [2.75, 3.05) is 26.9 Å². The number of hydrogen-bond donors (Lipinski definition) is 0. The monoisotopic (exact) mass is 542 g/mol. The van der Waals surface area contributed by atoms with E-state index in [9.17, 15) is 9.59 Å². The van der Waals surface area contributed by atoms with Crippen LogP contribution in [-0.4, -0.2) is 70.1 Å². The number of esters is 2. The molecule has 0 fully saturated rings. The van der Waals surface area contributed by atoms with Crippen LogP contribution >= 0.6 is 11.6 Å². The van der Waals surface area contributed by atoms with Gasteiger partial charge < -0.3 is 23.5 Å². The van der Waals surface area contributed by atoms with Gasteiger partial charge in [0.05, 0.1) is 38.2 Å². The molecule has 3 rings (SSSR count). The van der Waals surface area contributed by atoms with Gasteiger partial charge in [-0.15, -0.1) is 6.42 Å². The van der Waals surface area contributed by atoms with Crippen LogP contribution in [0.3, 0.4) is 0 Å². The fraction of sp³-hybridized carbons (Fsp3) is 0.444. The molecule has 10 nitrogen and oxygen atoms in total. The summed E-state index contributed by atoms with van der Waals surface area (Å²) in [5, 5.41) is 0.240. The Hall–Kier alpha value is -3.52. The summed E-state index contributed by atoms with van der Waals surface area (Å²) >= 11 is 6.21. The molecule has 3 aromatic rings. The van der Waals surface area contributed by atoms with Crippen LogP contribution in [0.25, 0.3) is 11.2 Å². The van der Waals surface area contributed by atoms with Crippen LogP contribution in [0.1, 0.15) is 25.2 Å². The highest BCUT2D eigenvalue weighted by Gasteiger charge is 2.51. The molecule has 2 unspecified atom stereocenters. The molecule has 0 bridgehead atoms. The second kappa shape index (κ2) is 13.3. The number of fused-ring (bicyclic) bond motifs is 1. The standard InChI is InChI=1S/C27H31ClN4O6/c1-6-20(15-32-17-29-22-23(28)30-18(4)31-24(22)32)21(35-5)16-38-27(25(33)36-7-2,26(34)37-8-3)14-19-12-10-9-11-13-19/h1,9-13,17,20-21H,7-8,14-16H2,2-5H3. The first kappa shape index (κ1) is 29.0. The second-order valence-electron chi connectivity index (χ2n) is 8.42. The van der Waals surface area contributed by atoms with Crippen molar-refractivity contribution in [2.24, 2.45) is 5.92 Å². The van der Waals surface area contributed by atoms with Gasteiger partial charge in [0, 0.05) is 20.1 Å². The van der Waals surface area contributed by atoms with E-state index in [1.54, 1.807) is 55.9 Å². The highest BCUT2D eigenvalue weighted by atomic mass is 35.5. The minimum Gasteiger partial charge on any atom is -0.463 e. The maximum absolute atomic E-state index is 13.2. The number of carbonyl (C=O) groups excluding carboxylic acids is 2. The molecule has 0 N–H and O–H groups in total. The summed E-state index contributed by atoms with van der Waals surface area (Å²) < 4.78 is 24.1. The first-order valence-corrected chi connectivity index (χ1v) is 12.5. The van der Waals surface area contributed by atoms with Crippen LogP contribution < -0.4 is 0 Å². The molecule has 1 aromatic carbocycles. The fourth-order valence-electron chi connectivity index (χ4n) is 3.98. The van der Waals surface area contributed by atoms with Crippen LogP contribution in [0.5, 0.6) is 0 Å². The number of methoxy groups -OCH3 is 1. The molecule has 0 saturated carbocycles. The van der Waals surface area contributed by atoms with Crippen LogP contribution in [0.2, 0.25) is 5.15 Å². The number of aromatic nitrogens is 4. The lowest BCUT2D eigenvalue weighted by atomic mass is 9.93. The van der Waals surface area contributed by atoms with Crippen molar-refractivity contribution in [3.63, 3.8) is 0 Å². The van der Waals surface area contributed by atoms with Crippen molar-refractivity contribution in [2.45, 2.75) is 45.4 Å². The molecule has 0 radical (unpaired) electrons. The highest BCUT2D eigenvalue weighted by molar-refractivity contribution is 6.33. The molecule has 202 valence electrons. The Morgan fingerprint density at radius 1 is 1.13 bits per heavy atom. The van der Waals surface area contributed by atoms with Crippen LogP contribution in [-0.2, 0) is 41.5 Å². The summed E-state index contributed by atoms with van der Waals surface area (Å²) in [6.45, 7) is 5.19. The molecule has 2 atom stereocenters. The van der Waals surface area contributed by atoms with Gasteiger partial charge in [0.15, 0.2) is 10.8 Å². The SMILES string of the molecule is C#CC(Cn1cnc2c(Cl)nc(C)nc21)C(COC(Cc1ccccc1)(C(=O)OCC)C(=O)OCC)OC. The molecule has 0 spiro atoms. The molecule has 0 aliphatic rings. The van der Waals surface area contributed by atoms with Crippen LogP contribution in [0.15, 0.2) is 36.7 Å². The Morgan fingerprint density at radius 3 is 2.37 bits per heavy atom. The largest absolute Gasteiger partial charge is 0.463 e. The van der Waals surface area contributed by atoms with Crippen LogP contribution in [0.4, 0.5) is 0 Å². The summed E-state index contributed by atoms with van der Waals surface area (Å²) in [4.78, 5) is 39.3. The van der Waals surface area contributed by atoms with Gasteiger partial charge >= 0.3 is 11.9 Å². The molecule has 0 amide bonds. The lowest BCUT2D eigenvalue weighted by molar-refractivity contribution is -0.195. The topological polar surface area (TPSA) is 115 Å². The van der Waals surface area contributed by atoms with Crippen molar-refractivity contribution in [3.05, 3.63) is 53.2 Å². The number of carbonyl (C=O) groups is 2. The van der Waals surface area contributed by atoms with Crippen molar-refractivity contribution in [1.29, 1.82) is 0 Å². The van der Waals surface area contributed by atoms with Crippen LogP contribution in [0, 0.1) is 25.2 Å². The van der Waals surface area contributed by atoms with E-state index in [0.29, 0.717) is 22.6 Å². The number of ether oxygens (including phenoxy) is 4. The predicted molar refractivity (Wildman–Crippen MR) is 140 cm³/mol. The van der Waals surface area contributed by atoms with Crippen molar-refractivity contribution >= 4 is 34.7 Å². The van der Waals surface area contributed by atoms with E-state index in [-0.39, 0.29) is 37.9 Å². The number of halogens is 1. The maximum Gasteiger partial charge on any atom is 0.350 e. The number of terminal acetylenes is 1. The van der Waals surface area contributed by atoms with E-state index in [1.165, 1.54) is 7.11 Å². The molecule has 2 aromatic heterocycles. The second-order valence-corrected chi connectivity index (χ2v) is 8.78. The van der Waals surface area contributed by atoms with Gasteiger partial charge in [-0.3, -0.25) is 0 Å². The van der Waals surface area contributed by atoms with E-state index >= 15 is 0 Å². The molecule has 0 aliphatic heterocycles. The average Bonchev–Trinajstić information content (AvgIpc) is 3.30. The third-order valence-corrected chi connectivity index (χ3v) is 6.16. The third kappa shape index (κ3) is 6.48. The Balaban J connectivity index is 1.91. The lowest BCUT2D eigenvalue weighted by Crippen LogP contribution is -2.54. The summed E-state index contributed by atoms with van der Waals surface area (Å²) in [5.74, 6) is 0.955. The number of rotatable bonds is 13. The average molecular weight is 543 g/mol. The molecule has 0 saturated heterocycles. The smallest absolute Gasteiger partial charge is 0.350 e. The minimum atomic E-state index is -2.05. The van der Waals surface area contributed by atoms with Gasteiger partial charge in [-0.05, 0) is 26.3 Å². The molecule has 2 heterocycles. The van der Waals surface area contributed by atoms with Crippen molar-refractivity contribution in [3.8, 4) is 12.3 Å². The van der Waals surface area contributed by atoms with Gasteiger partial charge in [0.2, 0.25) is 0 Å². The molecule has 0 aliphatic carbocycles. The van der Waals surface area contributed by atoms with E-state index in [1.807, 2.05) is 6.07 Å². The van der Waals surface area contributed by atoms with Gasteiger partial charge in [-0.1, -0.05) is 47.9 Å². The zero-order valence-electron chi connectivity index (χ0n) is 21.8. The lowest BCUT2D eigenvalue weighted by Gasteiger charge is -2.32. The quantitative estimate of drug-likeness (QED) is 0.139. The van der Waals surface area contributed by atoms with E-state index in [2.05, 4.69) is 20.9 Å². The first-order chi connectivity index (χ1) is 18.3. The number of nitrogens with zero attached hydrogens (tertiary/aromatic N) is 4. The Labute approximate surface area is 226 Å². The summed E-state index contributed by atoms with van der Waals surface area (Å²) in [7, 11) is 1.47. The number of aryl methyl sites for hydroxylation is 1. The molecular weight excluding hydrogens is 512 g/mol. The van der Waals surface area contributed by atoms with Gasteiger partial charge in [-0.2, -0.15) is 0 Å². The Bertz CT molecular complexity index is 1270. The van der Waals surface area contributed by atoms with Crippen molar-refractivity contribution < 1.29 is 28.5 Å². The molecule has 38 heavy (non-hydrogen) atoms. The summed E-state index contributed by atoms with van der Waals surface area (Å²) in [5.41, 5.74) is -0.393. The number of hydrogen-bond acceptors (Lipinski definition) is 9. The molecule has 11 heteroatoms. The summed E-state index contributed by atoms with van der Waals surface area (Å²) in [6, 6.07) is 9.01. The fourth-order valence-corrected chi connectivity index (χ4v) is 4.24. The Kier molecular flexibility index (Phi) is 10.2. The molecular formula is C27H31ClN4O6. The third-order valence-electron chi connectivity index (χ3n) is 5.89. The van der Waals surface area contributed by atoms with Gasteiger partial charge in [0.25, 0.3) is 5.60 Å². The van der Waals surface area contributed by atoms with Gasteiger partial charge in [0.1, 0.15) is 11.3 Å². The zero-order valence-corrected chi connectivity index (χ0v) is 22.6. The maximum atomic E-state index is 13.2. The van der Waals surface area contributed by atoms with E-state index < -0.39 is 29.6 Å². The van der Waals surface area contributed by atoms with Crippen molar-refractivity contribution in [1.82, 2.24) is 19.5 Å². The normalized spacial score (nSPS) is 13.1. The Morgan fingerprint density at radius 2 is 1.79 bits per heavy atom. The number of imidazole rings is 1. The highest BCUT2D eigenvalue weighted by Crippen LogP contribution is 2.26. The zero-order chi connectivity index (χ0) is 27.7. The first-order valence-electron chi connectivity index (χ1n) is 12.2. The minimum absolute atomic E-state index is 0.0519. The van der Waals surface area contributed by atoms with Gasteiger partial charge in [-0.25, -0.2) is 24.5 Å². The predicted octanol–water partition coefficient (Wildman–Crippen LogP) is 3.18. The van der Waals surface area contributed by atoms with E-state index in [0.717, 1.165) is 0 Å². The van der Waals surface area contributed by atoms with E-state index in [4.69, 9.17) is 37.0 Å². The summed E-state index contributed by atoms with van der Waals surface area (Å²) in [6.07, 6.45) is 6.65.